The molecule has 0 spiro atoms. The average molecular weight is 299 g/mol. The summed E-state index contributed by atoms with van der Waals surface area (Å²) in [6.45, 7) is 1.65. The van der Waals surface area contributed by atoms with Crippen molar-refractivity contribution in [3.8, 4) is 11.5 Å². The molecule has 0 bridgehead atoms. The Kier molecular flexibility index (Phi) is 4.09. The van der Waals surface area contributed by atoms with E-state index in [1.54, 1.807) is 18.2 Å². The van der Waals surface area contributed by atoms with Crippen LogP contribution < -0.4 is 20.5 Å². The summed E-state index contributed by atoms with van der Waals surface area (Å²) in [6, 6.07) is 10.8. The van der Waals surface area contributed by atoms with Gasteiger partial charge in [0.25, 0.3) is 5.91 Å². The molecule has 2 aromatic rings. The summed E-state index contributed by atoms with van der Waals surface area (Å²) in [5.41, 5.74) is 6.96. The maximum absolute atomic E-state index is 11.9. The first kappa shape index (κ1) is 14.2. The summed E-state index contributed by atoms with van der Waals surface area (Å²) in [4.78, 5) is 15.9. The second-order valence-electron chi connectivity index (χ2n) is 4.93. The first-order valence-corrected chi connectivity index (χ1v) is 7.11. The summed E-state index contributed by atoms with van der Waals surface area (Å²) in [5, 5.41) is 2.83. The number of hydrogen-bond donors (Lipinski definition) is 2. The van der Waals surface area contributed by atoms with E-state index in [1.807, 2.05) is 18.2 Å². The van der Waals surface area contributed by atoms with Gasteiger partial charge in [-0.1, -0.05) is 12.1 Å². The van der Waals surface area contributed by atoms with E-state index in [2.05, 4.69) is 10.3 Å². The molecule has 0 radical (unpaired) electrons. The average Bonchev–Trinajstić information content (AvgIpc) is 2.54. The van der Waals surface area contributed by atoms with Crippen molar-refractivity contribution in [2.75, 3.05) is 25.5 Å². The van der Waals surface area contributed by atoms with Crippen LogP contribution in [0.1, 0.15) is 16.1 Å². The summed E-state index contributed by atoms with van der Waals surface area (Å²) in [6.07, 6.45) is 0.699. The second kappa shape index (κ2) is 6.34. The quantitative estimate of drug-likeness (QED) is 0.891. The largest absolute Gasteiger partial charge is 0.486 e. The molecule has 0 saturated carbocycles. The Morgan fingerprint density at radius 3 is 2.82 bits per heavy atom. The van der Waals surface area contributed by atoms with Crippen molar-refractivity contribution >= 4 is 11.7 Å². The zero-order valence-corrected chi connectivity index (χ0v) is 12.0. The molecule has 0 fully saturated rings. The predicted molar refractivity (Wildman–Crippen MR) is 82.1 cm³/mol. The summed E-state index contributed by atoms with van der Waals surface area (Å²) < 4.78 is 11.0. The number of rotatable bonds is 4. The van der Waals surface area contributed by atoms with Crippen LogP contribution in [-0.2, 0) is 6.42 Å². The lowest BCUT2D eigenvalue weighted by atomic mass is 10.1. The van der Waals surface area contributed by atoms with Gasteiger partial charge in [0, 0.05) is 6.54 Å². The minimum Gasteiger partial charge on any atom is -0.486 e. The van der Waals surface area contributed by atoms with Gasteiger partial charge in [-0.15, -0.1) is 0 Å². The van der Waals surface area contributed by atoms with Gasteiger partial charge in [-0.2, -0.15) is 0 Å². The van der Waals surface area contributed by atoms with Gasteiger partial charge in [0.15, 0.2) is 11.5 Å². The molecular formula is C16H17N3O3. The molecule has 1 aliphatic rings. The van der Waals surface area contributed by atoms with E-state index in [9.17, 15) is 4.79 Å². The van der Waals surface area contributed by atoms with Gasteiger partial charge < -0.3 is 20.5 Å². The smallest absolute Gasteiger partial charge is 0.269 e. The Morgan fingerprint density at radius 2 is 2.00 bits per heavy atom. The number of pyridine rings is 1. The molecule has 1 amide bonds. The van der Waals surface area contributed by atoms with Gasteiger partial charge in [0.2, 0.25) is 0 Å². The third-order valence-electron chi connectivity index (χ3n) is 3.31. The molecule has 2 heterocycles. The first-order chi connectivity index (χ1) is 10.7. The molecule has 6 heteroatoms. The molecule has 6 nitrogen and oxygen atoms in total. The predicted octanol–water partition coefficient (Wildman–Crippen LogP) is 1.41. The maximum Gasteiger partial charge on any atom is 0.269 e. The third-order valence-corrected chi connectivity index (χ3v) is 3.31. The molecule has 0 unspecified atom stereocenters. The zero-order chi connectivity index (χ0) is 15.4. The molecule has 0 saturated heterocycles. The Balaban J connectivity index is 1.56. The molecule has 0 atom stereocenters. The van der Waals surface area contributed by atoms with Crippen molar-refractivity contribution in [3.63, 3.8) is 0 Å². The van der Waals surface area contributed by atoms with Crippen molar-refractivity contribution in [1.82, 2.24) is 10.3 Å². The van der Waals surface area contributed by atoms with Gasteiger partial charge in [0.1, 0.15) is 24.7 Å². The number of nitrogens with two attached hydrogens (primary N) is 1. The topological polar surface area (TPSA) is 86.5 Å². The maximum atomic E-state index is 11.9. The highest BCUT2D eigenvalue weighted by molar-refractivity contribution is 5.92. The highest BCUT2D eigenvalue weighted by Gasteiger charge is 2.12. The number of nitrogen functional groups attached to an aromatic ring is 1. The van der Waals surface area contributed by atoms with E-state index in [0.717, 1.165) is 17.1 Å². The van der Waals surface area contributed by atoms with Gasteiger partial charge in [0.05, 0.1) is 0 Å². The second-order valence-corrected chi connectivity index (χ2v) is 4.93. The molecule has 3 N–H and O–H groups in total. The minimum atomic E-state index is -0.232. The lowest BCUT2D eigenvalue weighted by Gasteiger charge is -2.18. The number of carbonyl (C=O) groups is 1. The van der Waals surface area contributed by atoms with Crippen LogP contribution in [0.15, 0.2) is 36.4 Å². The van der Waals surface area contributed by atoms with Crippen molar-refractivity contribution in [2.24, 2.45) is 0 Å². The van der Waals surface area contributed by atoms with E-state index in [4.69, 9.17) is 15.2 Å². The Hall–Kier alpha value is -2.76. The summed E-state index contributed by atoms with van der Waals surface area (Å²) >= 11 is 0. The van der Waals surface area contributed by atoms with Crippen LogP contribution in [0, 0.1) is 0 Å². The normalized spacial score (nSPS) is 12.7. The Labute approximate surface area is 128 Å². The van der Waals surface area contributed by atoms with Crippen molar-refractivity contribution < 1.29 is 14.3 Å². The molecule has 0 aliphatic carbocycles. The van der Waals surface area contributed by atoms with Crippen LogP contribution in [-0.4, -0.2) is 30.6 Å². The lowest BCUT2D eigenvalue weighted by molar-refractivity contribution is 0.0949. The monoisotopic (exact) mass is 299 g/mol. The number of nitrogens with zero attached hydrogens (tertiary/aromatic N) is 1. The van der Waals surface area contributed by atoms with Crippen LogP contribution >= 0.6 is 0 Å². The van der Waals surface area contributed by atoms with Crippen molar-refractivity contribution in [1.29, 1.82) is 0 Å². The van der Waals surface area contributed by atoms with Crippen LogP contribution in [0.25, 0.3) is 0 Å². The molecule has 22 heavy (non-hydrogen) atoms. The molecule has 1 aliphatic heterocycles. The number of carbonyl (C=O) groups excluding carboxylic acids is 1. The highest BCUT2D eigenvalue weighted by Crippen LogP contribution is 2.30. The SMILES string of the molecule is Nc1cccc(C(=O)NCCc2ccc3c(c2)OCCO3)n1. The summed E-state index contributed by atoms with van der Waals surface area (Å²) in [7, 11) is 0. The Bertz CT molecular complexity index is 688. The first-order valence-electron chi connectivity index (χ1n) is 7.11. The number of nitrogens with one attached hydrogen (secondary N) is 1. The van der Waals surface area contributed by atoms with Crippen LogP contribution in [0.4, 0.5) is 5.82 Å². The van der Waals surface area contributed by atoms with Crippen LogP contribution in [0.3, 0.4) is 0 Å². The fourth-order valence-electron chi connectivity index (χ4n) is 2.23. The van der Waals surface area contributed by atoms with Gasteiger partial charge in [-0.3, -0.25) is 4.79 Å². The fourth-order valence-corrected chi connectivity index (χ4v) is 2.23. The standard InChI is InChI=1S/C16H17N3O3/c17-15-3-1-2-12(19-15)16(20)18-7-6-11-4-5-13-14(10-11)22-9-8-21-13/h1-5,10H,6-9H2,(H2,17,19)(H,18,20). The fraction of sp³-hybridized carbons (Fsp3) is 0.250. The van der Waals surface area contributed by atoms with E-state index in [0.29, 0.717) is 37.7 Å². The number of anilines is 1. The molecule has 1 aromatic carbocycles. The van der Waals surface area contributed by atoms with Gasteiger partial charge in [-0.05, 0) is 36.2 Å². The minimum absolute atomic E-state index is 0.232. The number of benzene rings is 1. The number of ether oxygens (including phenoxy) is 2. The van der Waals surface area contributed by atoms with Crippen LogP contribution in [0.5, 0.6) is 11.5 Å². The third kappa shape index (κ3) is 3.28. The Morgan fingerprint density at radius 1 is 1.18 bits per heavy atom. The van der Waals surface area contributed by atoms with E-state index < -0.39 is 0 Å². The van der Waals surface area contributed by atoms with Gasteiger partial charge >= 0.3 is 0 Å². The molecular weight excluding hydrogens is 282 g/mol. The van der Waals surface area contributed by atoms with E-state index in [1.165, 1.54) is 0 Å². The summed E-state index contributed by atoms with van der Waals surface area (Å²) in [5.74, 6) is 1.62. The van der Waals surface area contributed by atoms with E-state index >= 15 is 0 Å². The molecule has 3 rings (SSSR count). The highest BCUT2D eigenvalue weighted by atomic mass is 16.6. The zero-order valence-electron chi connectivity index (χ0n) is 12.0. The number of amides is 1. The van der Waals surface area contributed by atoms with Crippen LogP contribution in [0.2, 0.25) is 0 Å². The number of fused-ring (bicyclic) bond motifs is 1. The number of hydrogen-bond acceptors (Lipinski definition) is 5. The van der Waals surface area contributed by atoms with E-state index in [-0.39, 0.29) is 5.91 Å². The van der Waals surface area contributed by atoms with Gasteiger partial charge in [-0.25, -0.2) is 4.98 Å². The van der Waals surface area contributed by atoms with Crippen molar-refractivity contribution in [3.05, 3.63) is 47.7 Å². The molecule has 114 valence electrons. The van der Waals surface area contributed by atoms with Crippen molar-refractivity contribution in [2.45, 2.75) is 6.42 Å². The number of aromatic nitrogens is 1. The lowest BCUT2D eigenvalue weighted by Crippen LogP contribution is -2.26. The molecule has 1 aromatic heterocycles.